The Morgan fingerprint density at radius 1 is 1.56 bits per heavy atom. The van der Waals surface area contributed by atoms with Crippen LogP contribution >= 0.6 is 11.3 Å². The fraction of sp³-hybridized carbons (Fsp3) is 0.250. The van der Waals surface area contributed by atoms with E-state index in [1.165, 1.54) is 11.3 Å². The molecule has 0 spiro atoms. The molecule has 0 aromatic carbocycles. The van der Waals surface area contributed by atoms with Gasteiger partial charge in [0.05, 0.1) is 18.2 Å². The fourth-order valence-corrected chi connectivity index (χ4v) is 2.08. The van der Waals surface area contributed by atoms with Gasteiger partial charge in [0.2, 0.25) is 0 Å². The lowest BCUT2D eigenvalue weighted by Gasteiger charge is -2.15. The fourth-order valence-electron chi connectivity index (χ4n) is 1.55. The highest BCUT2D eigenvalue weighted by Crippen LogP contribution is 2.04. The topological polar surface area (TPSA) is 75.1 Å². The van der Waals surface area contributed by atoms with Gasteiger partial charge >= 0.3 is 0 Å². The molecular weight excluding hydrogens is 250 g/mol. The normalized spacial score (nSPS) is 12.1. The minimum absolute atomic E-state index is 0.120. The van der Waals surface area contributed by atoms with E-state index < -0.39 is 0 Å². The molecule has 5 nitrogen and oxygen atoms in total. The van der Waals surface area contributed by atoms with E-state index in [0.29, 0.717) is 12.1 Å². The van der Waals surface area contributed by atoms with Crippen LogP contribution < -0.4 is 5.32 Å². The van der Waals surface area contributed by atoms with Crippen LogP contribution in [0.15, 0.2) is 35.4 Å². The van der Waals surface area contributed by atoms with Gasteiger partial charge in [-0.15, -0.1) is 11.3 Å². The van der Waals surface area contributed by atoms with E-state index in [1.807, 2.05) is 12.1 Å². The Hall–Kier alpha value is -1.79. The molecule has 2 rings (SSSR count). The number of hydrogen-bond acceptors (Lipinski definition) is 5. The lowest BCUT2D eigenvalue weighted by Crippen LogP contribution is -2.39. The molecule has 2 aromatic rings. The van der Waals surface area contributed by atoms with E-state index in [9.17, 15) is 9.90 Å². The number of carbonyl (C=O) groups excluding carboxylic acids is 1. The van der Waals surface area contributed by atoms with E-state index in [4.69, 9.17) is 0 Å². The first-order valence-corrected chi connectivity index (χ1v) is 6.42. The summed E-state index contributed by atoms with van der Waals surface area (Å²) in [4.78, 5) is 19.7. The minimum Gasteiger partial charge on any atom is -0.394 e. The van der Waals surface area contributed by atoms with Crippen LogP contribution in [0.4, 0.5) is 0 Å². The molecule has 94 valence electrons. The summed E-state index contributed by atoms with van der Waals surface area (Å²) in [6, 6.07) is 3.40. The first-order chi connectivity index (χ1) is 8.79. The number of aliphatic hydroxyl groups excluding tert-OH is 1. The molecule has 0 aliphatic heterocycles. The molecule has 2 heterocycles. The van der Waals surface area contributed by atoms with E-state index in [1.54, 1.807) is 23.3 Å². The number of hydrogen-bond donors (Lipinski definition) is 2. The zero-order chi connectivity index (χ0) is 12.8. The van der Waals surface area contributed by atoms with Crippen molar-refractivity contribution in [3.05, 3.63) is 46.7 Å². The first-order valence-electron chi connectivity index (χ1n) is 5.48. The van der Waals surface area contributed by atoms with Crippen LogP contribution in [0, 0.1) is 0 Å². The summed E-state index contributed by atoms with van der Waals surface area (Å²) in [7, 11) is 0. The summed E-state index contributed by atoms with van der Waals surface area (Å²) in [5.74, 6) is -0.265. The van der Waals surface area contributed by atoms with Gasteiger partial charge in [0.15, 0.2) is 0 Å². The molecule has 2 N–H and O–H groups in total. The monoisotopic (exact) mass is 263 g/mol. The maximum Gasteiger partial charge on any atom is 0.271 e. The lowest BCUT2D eigenvalue weighted by molar-refractivity contribution is 0.0912. The number of nitrogens with zero attached hydrogens (tertiary/aromatic N) is 2. The molecule has 6 heteroatoms. The molecule has 0 aliphatic rings. The number of thiazole rings is 1. The van der Waals surface area contributed by atoms with Crippen molar-refractivity contribution in [3.63, 3.8) is 0 Å². The third-order valence-corrected chi connectivity index (χ3v) is 3.01. The van der Waals surface area contributed by atoms with Crippen LogP contribution in [-0.4, -0.2) is 33.6 Å². The van der Waals surface area contributed by atoms with Crippen molar-refractivity contribution >= 4 is 17.2 Å². The largest absolute Gasteiger partial charge is 0.394 e. The smallest absolute Gasteiger partial charge is 0.271 e. The second-order valence-electron chi connectivity index (χ2n) is 3.79. The number of carbonyl (C=O) groups is 1. The Kier molecular flexibility index (Phi) is 4.38. The zero-order valence-electron chi connectivity index (χ0n) is 9.61. The highest BCUT2D eigenvalue weighted by molar-refractivity contribution is 7.07. The number of amides is 1. The van der Waals surface area contributed by atoms with Crippen LogP contribution in [-0.2, 0) is 6.42 Å². The maximum atomic E-state index is 11.8. The van der Waals surface area contributed by atoms with E-state index in [2.05, 4.69) is 15.3 Å². The molecule has 0 saturated heterocycles. The predicted octanol–water partition coefficient (Wildman–Crippen LogP) is 0.871. The molecule has 0 radical (unpaired) electrons. The van der Waals surface area contributed by atoms with Crippen molar-refractivity contribution in [2.75, 3.05) is 6.61 Å². The van der Waals surface area contributed by atoms with Crippen LogP contribution in [0.3, 0.4) is 0 Å². The average molecular weight is 263 g/mol. The Labute approximate surface area is 109 Å². The maximum absolute atomic E-state index is 11.8. The van der Waals surface area contributed by atoms with Crippen molar-refractivity contribution in [3.8, 4) is 0 Å². The van der Waals surface area contributed by atoms with Crippen molar-refractivity contribution in [2.24, 2.45) is 0 Å². The summed E-state index contributed by atoms with van der Waals surface area (Å²) in [6.07, 6.45) is 3.95. The predicted molar refractivity (Wildman–Crippen MR) is 68.4 cm³/mol. The Balaban J connectivity index is 1.96. The molecule has 0 saturated carbocycles. The summed E-state index contributed by atoms with van der Waals surface area (Å²) in [6.45, 7) is -0.120. The Morgan fingerprint density at radius 3 is 3.06 bits per heavy atom. The van der Waals surface area contributed by atoms with Crippen molar-refractivity contribution in [1.82, 2.24) is 15.3 Å². The van der Waals surface area contributed by atoms with Gasteiger partial charge in [0, 0.05) is 17.8 Å². The highest BCUT2D eigenvalue weighted by Gasteiger charge is 2.14. The number of rotatable bonds is 5. The van der Waals surface area contributed by atoms with Gasteiger partial charge in [-0.05, 0) is 18.1 Å². The highest BCUT2D eigenvalue weighted by atomic mass is 32.1. The molecule has 1 amide bonds. The van der Waals surface area contributed by atoms with Crippen molar-refractivity contribution < 1.29 is 9.90 Å². The quantitative estimate of drug-likeness (QED) is 0.839. The molecular formula is C12H13N3O2S. The number of aromatic nitrogens is 2. The van der Waals surface area contributed by atoms with Gasteiger partial charge in [0.1, 0.15) is 5.69 Å². The standard InChI is InChI=1S/C12H13N3O2S/c16-6-10(4-9-2-1-3-13-5-9)15-12(17)11-7-18-8-14-11/h1-3,5,7-8,10,16H,4,6H2,(H,15,17)/t10-/m1/s1. The zero-order valence-corrected chi connectivity index (χ0v) is 10.4. The van der Waals surface area contributed by atoms with Crippen LogP contribution in [0.25, 0.3) is 0 Å². The number of pyridine rings is 1. The molecule has 18 heavy (non-hydrogen) atoms. The lowest BCUT2D eigenvalue weighted by atomic mass is 10.1. The number of aliphatic hydroxyl groups is 1. The minimum atomic E-state index is -0.330. The third-order valence-electron chi connectivity index (χ3n) is 2.43. The van der Waals surface area contributed by atoms with E-state index in [0.717, 1.165) is 5.56 Å². The summed E-state index contributed by atoms with van der Waals surface area (Å²) in [5.41, 5.74) is 2.95. The summed E-state index contributed by atoms with van der Waals surface area (Å²) >= 11 is 1.36. The van der Waals surface area contributed by atoms with Gasteiger partial charge in [0.25, 0.3) is 5.91 Å². The second-order valence-corrected chi connectivity index (χ2v) is 4.51. The summed E-state index contributed by atoms with van der Waals surface area (Å²) < 4.78 is 0. The molecule has 0 bridgehead atoms. The van der Waals surface area contributed by atoms with Gasteiger partial charge in [-0.1, -0.05) is 6.07 Å². The van der Waals surface area contributed by atoms with Crippen molar-refractivity contribution in [2.45, 2.75) is 12.5 Å². The molecule has 2 aromatic heterocycles. The van der Waals surface area contributed by atoms with E-state index in [-0.39, 0.29) is 18.6 Å². The van der Waals surface area contributed by atoms with Gasteiger partial charge in [-0.2, -0.15) is 0 Å². The average Bonchev–Trinajstić information content (AvgIpc) is 2.93. The first kappa shape index (κ1) is 12.7. The van der Waals surface area contributed by atoms with Crippen LogP contribution in [0.5, 0.6) is 0 Å². The second kappa shape index (κ2) is 6.23. The molecule has 0 aliphatic carbocycles. The molecule has 0 fully saturated rings. The third kappa shape index (κ3) is 3.35. The van der Waals surface area contributed by atoms with Crippen LogP contribution in [0.2, 0.25) is 0 Å². The van der Waals surface area contributed by atoms with Gasteiger partial charge in [-0.25, -0.2) is 4.98 Å². The SMILES string of the molecule is O=C(N[C@@H](CO)Cc1cccnc1)c1cscn1. The Morgan fingerprint density at radius 2 is 2.44 bits per heavy atom. The molecule has 1 atom stereocenters. The molecule has 0 unspecified atom stereocenters. The van der Waals surface area contributed by atoms with E-state index >= 15 is 0 Å². The van der Waals surface area contributed by atoms with Crippen molar-refractivity contribution in [1.29, 1.82) is 0 Å². The van der Waals surface area contributed by atoms with Gasteiger partial charge in [-0.3, -0.25) is 9.78 Å². The Bertz CT molecular complexity index is 487. The van der Waals surface area contributed by atoms with Crippen LogP contribution in [0.1, 0.15) is 16.1 Å². The summed E-state index contributed by atoms with van der Waals surface area (Å²) in [5, 5.41) is 13.7. The van der Waals surface area contributed by atoms with Gasteiger partial charge < -0.3 is 10.4 Å². The number of nitrogens with one attached hydrogen (secondary N) is 1.